The van der Waals surface area contributed by atoms with Crippen LogP contribution >= 0.6 is 27.3 Å². The Morgan fingerprint density at radius 2 is 2.05 bits per heavy atom. The molecule has 0 fully saturated rings. The second-order valence-corrected chi connectivity index (χ2v) is 6.31. The minimum absolute atomic E-state index is 0.0256. The average Bonchev–Trinajstić information content (AvgIpc) is 2.96. The SMILES string of the molecule is CCC(NCC(=O)Nc1ccc(Br)cc1)c1cccs1. The highest BCUT2D eigenvalue weighted by atomic mass is 79.9. The predicted molar refractivity (Wildman–Crippen MR) is 88.1 cm³/mol. The van der Waals surface area contributed by atoms with E-state index in [1.54, 1.807) is 11.3 Å². The van der Waals surface area contributed by atoms with E-state index in [0.717, 1.165) is 16.6 Å². The molecule has 20 heavy (non-hydrogen) atoms. The molecule has 0 aliphatic rings. The molecule has 1 aromatic carbocycles. The third-order valence-electron chi connectivity index (χ3n) is 2.93. The van der Waals surface area contributed by atoms with Gasteiger partial charge in [-0.3, -0.25) is 4.79 Å². The first-order chi connectivity index (χ1) is 9.69. The summed E-state index contributed by atoms with van der Waals surface area (Å²) in [5, 5.41) is 8.22. The van der Waals surface area contributed by atoms with E-state index < -0.39 is 0 Å². The molecule has 0 saturated carbocycles. The lowest BCUT2D eigenvalue weighted by molar-refractivity contribution is -0.115. The minimum atomic E-state index is -0.0256. The van der Waals surface area contributed by atoms with Crippen molar-refractivity contribution in [1.29, 1.82) is 0 Å². The van der Waals surface area contributed by atoms with Crippen LogP contribution in [0.25, 0.3) is 0 Å². The normalized spacial score (nSPS) is 12.1. The Balaban J connectivity index is 1.84. The lowest BCUT2D eigenvalue weighted by Gasteiger charge is -2.15. The second-order valence-electron chi connectivity index (χ2n) is 4.41. The van der Waals surface area contributed by atoms with E-state index in [1.807, 2.05) is 30.3 Å². The zero-order valence-electron chi connectivity index (χ0n) is 11.2. The van der Waals surface area contributed by atoms with Crippen molar-refractivity contribution in [2.45, 2.75) is 19.4 Å². The highest BCUT2D eigenvalue weighted by Gasteiger charge is 2.11. The first kappa shape index (κ1) is 15.2. The maximum atomic E-state index is 11.9. The number of hydrogen-bond acceptors (Lipinski definition) is 3. The van der Waals surface area contributed by atoms with Crippen molar-refractivity contribution < 1.29 is 4.79 Å². The van der Waals surface area contributed by atoms with Crippen molar-refractivity contribution in [3.63, 3.8) is 0 Å². The number of hydrogen-bond donors (Lipinski definition) is 2. The van der Waals surface area contributed by atoms with Crippen LogP contribution in [0, 0.1) is 0 Å². The number of rotatable bonds is 6. The molecule has 3 nitrogen and oxygen atoms in total. The van der Waals surface area contributed by atoms with Crippen molar-refractivity contribution >= 4 is 38.9 Å². The van der Waals surface area contributed by atoms with Crippen LogP contribution in [0.3, 0.4) is 0 Å². The zero-order valence-corrected chi connectivity index (χ0v) is 13.6. The maximum absolute atomic E-state index is 11.9. The van der Waals surface area contributed by atoms with Crippen LogP contribution in [0.15, 0.2) is 46.3 Å². The van der Waals surface area contributed by atoms with Gasteiger partial charge in [0, 0.05) is 21.1 Å². The first-order valence-electron chi connectivity index (χ1n) is 6.51. The van der Waals surface area contributed by atoms with E-state index >= 15 is 0 Å². The lowest BCUT2D eigenvalue weighted by Crippen LogP contribution is -2.30. The van der Waals surface area contributed by atoms with Gasteiger partial charge in [0.25, 0.3) is 0 Å². The number of nitrogens with one attached hydrogen (secondary N) is 2. The number of carbonyl (C=O) groups is 1. The number of thiophene rings is 1. The molecule has 1 unspecified atom stereocenters. The van der Waals surface area contributed by atoms with Crippen LogP contribution in [0.2, 0.25) is 0 Å². The molecule has 0 radical (unpaired) electrons. The summed E-state index contributed by atoms with van der Waals surface area (Å²) in [6.07, 6.45) is 0.964. The summed E-state index contributed by atoms with van der Waals surface area (Å²) in [5.74, 6) is -0.0256. The highest BCUT2D eigenvalue weighted by Crippen LogP contribution is 2.21. The second kappa shape index (κ2) is 7.57. The maximum Gasteiger partial charge on any atom is 0.238 e. The molecule has 0 spiro atoms. The van der Waals surface area contributed by atoms with Gasteiger partial charge in [-0.2, -0.15) is 0 Å². The molecule has 0 saturated heterocycles. The monoisotopic (exact) mass is 352 g/mol. The molecule has 1 aromatic heterocycles. The Hall–Kier alpha value is -1.17. The minimum Gasteiger partial charge on any atom is -0.325 e. The molecular weight excluding hydrogens is 336 g/mol. The van der Waals surface area contributed by atoms with E-state index in [4.69, 9.17) is 0 Å². The third kappa shape index (κ3) is 4.44. The Kier molecular flexibility index (Phi) is 5.76. The summed E-state index contributed by atoms with van der Waals surface area (Å²) in [6.45, 7) is 2.43. The summed E-state index contributed by atoms with van der Waals surface area (Å²) in [5.41, 5.74) is 0.809. The van der Waals surface area contributed by atoms with Gasteiger partial charge < -0.3 is 10.6 Å². The van der Waals surface area contributed by atoms with Crippen molar-refractivity contribution in [3.05, 3.63) is 51.1 Å². The average molecular weight is 353 g/mol. The third-order valence-corrected chi connectivity index (χ3v) is 4.45. The smallest absolute Gasteiger partial charge is 0.238 e. The van der Waals surface area contributed by atoms with Gasteiger partial charge in [-0.1, -0.05) is 28.9 Å². The lowest BCUT2D eigenvalue weighted by atomic mass is 10.2. The Morgan fingerprint density at radius 3 is 2.65 bits per heavy atom. The molecule has 1 atom stereocenters. The largest absolute Gasteiger partial charge is 0.325 e. The Bertz CT molecular complexity index is 540. The van der Waals surface area contributed by atoms with Crippen LogP contribution in [0.5, 0.6) is 0 Å². The number of anilines is 1. The van der Waals surface area contributed by atoms with E-state index in [-0.39, 0.29) is 11.9 Å². The first-order valence-corrected chi connectivity index (χ1v) is 8.18. The van der Waals surface area contributed by atoms with Crippen molar-refractivity contribution in [2.24, 2.45) is 0 Å². The highest BCUT2D eigenvalue weighted by molar-refractivity contribution is 9.10. The molecule has 1 amide bonds. The number of amides is 1. The zero-order chi connectivity index (χ0) is 14.4. The van der Waals surface area contributed by atoms with E-state index in [2.05, 4.69) is 44.9 Å². The molecule has 106 valence electrons. The van der Waals surface area contributed by atoms with E-state index in [0.29, 0.717) is 6.54 Å². The number of carbonyl (C=O) groups excluding carboxylic acids is 1. The molecule has 2 aromatic rings. The van der Waals surface area contributed by atoms with Crippen LogP contribution in [-0.4, -0.2) is 12.5 Å². The fraction of sp³-hybridized carbons (Fsp3) is 0.267. The van der Waals surface area contributed by atoms with Crippen molar-refractivity contribution in [2.75, 3.05) is 11.9 Å². The Labute approximate surface area is 131 Å². The van der Waals surface area contributed by atoms with E-state index in [1.165, 1.54) is 4.88 Å². The molecule has 2 rings (SSSR count). The summed E-state index contributed by atoms with van der Waals surface area (Å²) in [4.78, 5) is 13.2. The fourth-order valence-corrected chi connectivity index (χ4v) is 3.04. The van der Waals surface area contributed by atoms with Gasteiger partial charge in [-0.05, 0) is 42.1 Å². The predicted octanol–water partition coefficient (Wildman–Crippen LogP) is 4.19. The molecular formula is C15H17BrN2OS. The molecule has 0 aliphatic carbocycles. The number of benzene rings is 1. The summed E-state index contributed by atoms with van der Waals surface area (Å²) in [7, 11) is 0. The fourth-order valence-electron chi connectivity index (χ4n) is 1.89. The molecule has 0 bridgehead atoms. The topological polar surface area (TPSA) is 41.1 Å². The molecule has 0 aliphatic heterocycles. The quantitative estimate of drug-likeness (QED) is 0.818. The van der Waals surface area contributed by atoms with Gasteiger partial charge in [0.2, 0.25) is 5.91 Å². The van der Waals surface area contributed by atoms with Gasteiger partial charge in [-0.15, -0.1) is 11.3 Å². The van der Waals surface area contributed by atoms with Gasteiger partial charge in [0.1, 0.15) is 0 Å². The summed E-state index contributed by atoms with van der Waals surface area (Å²) >= 11 is 5.08. The number of halogens is 1. The standard InChI is InChI=1S/C15H17BrN2OS/c1-2-13(14-4-3-9-20-14)17-10-15(19)18-12-7-5-11(16)6-8-12/h3-9,13,17H,2,10H2,1H3,(H,18,19). The summed E-state index contributed by atoms with van der Waals surface area (Å²) in [6, 6.07) is 11.9. The summed E-state index contributed by atoms with van der Waals surface area (Å²) < 4.78 is 0.998. The van der Waals surface area contributed by atoms with E-state index in [9.17, 15) is 4.79 Å². The van der Waals surface area contributed by atoms with Gasteiger partial charge in [0.15, 0.2) is 0 Å². The van der Waals surface area contributed by atoms with Gasteiger partial charge >= 0.3 is 0 Å². The molecule has 2 N–H and O–H groups in total. The van der Waals surface area contributed by atoms with Crippen molar-refractivity contribution in [1.82, 2.24) is 5.32 Å². The molecule has 1 heterocycles. The van der Waals surface area contributed by atoms with Crippen molar-refractivity contribution in [3.8, 4) is 0 Å². The van der Waals surface area contributed by atoms with Crippen LogP contribution < -0.4 is 10.6 Å². The van der Waals surface area contributed by atoms with Gasteiger partial charge in [-0.25, -0.2) is 0 Å². The molecule has 5 heteroatoms. The Morgan fingerprint density at radius 1 is 1.30 bits per heavy atom. The van der Waals surface area contributed by atoms with Crippen LogP contribution in [0.1, 0.15) is 24.3 Å². The van der Waals surface area contributed by atoms with Crippen LogP contribution in [0.4, 0.5) is 5.69 Å². The van der Waals surface area contributed by atoms with Crippen LogP contribution in [-0.2, 0) is 4.79 Å². The van der Waals surface area contributed by atoms with Gasteiger partial charge in [0.05, 0.1) is 6.54 Å².